The van der Waals surface area contributed by atoms with Gasteiger partial charge < -0.3 is 10.4 Å². The molecule has 1 aliphatic carbocycles. The van der Waals surface area contributed by atoms with Crippen molar-refractivity contribution in [3.8, 4) is 0 Å². The first kappa shape index (κ1) is 13.8. The summed E-state index contributed by atoms with van der Waals surface area (Å²) in [5.74, 6) is -3.49. The summed E-state index contributed by atoms with van der Waals surface area (Å²) in [6.07, 6.45) is -3.71. The van der Waals surface area contributed by atoms with E-state index in [-0.39, 0.29) is 5.92 Å². The SMILES string of the molecule is CC(C)(C(=O)O)[C@H](NC(=O)C(F)(F)F)C1CC1. The molecule has 2 N–H and O–H groups in total. The average molecular weight is 253 g/mol. The minimum atomic E-state index is -4.98. The number of rotatable bonds is 4. The van der Waals surface area contributed by atoms with Gasteiger partial charge >= 0.3 is 18.1 Å². The Bertz CT molecular complexity index is 334. The number of hydrogen-bond acceptors (Lipinski definition) is 2. The Labute approximate surface area is 96.2 Å². The molecule has 7 heteroatoms. The van der Waals surface area contributed by atoms with Gasteiger partial charge in [0.1, 0.15) is 0 Å². The van der Waals surface area contributed by atoms with Crippen LogP contribution >= 0.6 is 0 Å². The normalized spacial score (nSPS) is 18.6. The van der Waals surface area contributed by atoms with Crippen LogP contribution in [0.3, 0.4) is 0 Å². The third kappa shape index (κ3) is 3.10. The fourth-order valence-corrected chi connectivity index (χ4v) is 1.67. The first-order chi connectivity index (χ1) is 7.56. The largest absolute Gasteiger partial charge is 0.481 e. The van der Waals surface area contributed by atoms with Gasteiger partial charge in [0.2, 0.25) is 0 Å². The number of alkyl halides is 3. The topological polar surface area (TPSA) is 66.4 Å². The van der Waals surface area contributed by atoms with Crippen LogP contribution in [0.2, 0.25) is 0 Å². The van der Waals surface area contributed by atoms with Gasteiger partial charge in [-0.1, -0.05) is 0 Å². The zero-order valence-corrected chi connectivity index (χ0v) is 9.47. The third-order valence-electron chi connectivity index (χ3n) is 2.97. The number of carbonyl (C=O) groups excluding carboxylic acids is 1. The van der Waals surface area contributed by atoms with Crippen LogP contribution < -0.4 is 5.32 Å². The predicted molar refractivity (Wildman–Crippen MR) is 52.1 cm³/mol. The molecule has 0 spiro atoms. The van der Waals surface area contributed by atoms with Gasteiger partial charge in [-0.3, -0.25) is 9.59 Å². The van der Waals surface area contributed by atoms with Gasteiger partial charge in [0.05, 0.1) is 5.41 Å². The Hall–Kier alpha value is -1.27. The van der Waals surface area contributed by atoms with Crippen molar-refractivity contribution < 1.29 is 27.9 Å². The lowest BCUT2D eigenvalue weighted by atomic mass is 9.81. The van der Waals surface area contributed by atoms with E-state index < -0.39 is 29.5 Å². The molecule has 0 heterocycles. The Morgan fingerprint density at radius 1 is 1.29 bits per heavy atom. The number of amides is 1. The lowest BCUT2D eigenvalue weighted by Crippen LogP contribution is -2.53. The van der Waals surface area contributed by atoms with Gasteiger partial charge in [-0.05, 0) is 32.6 Å². The minimum absolute atomic E-state index is 0.188. The molecular formula is C10H14F3NO3. The van der Waals surface area contributed by atoms with Crippen LogP contribution in [-0.4, -0.2) is 29.2 Å². The first-order valence-corrected chi connectivity index (χ1v) is 5.18. The van der Waals surface area contributed by atoms with Crippen LogP contribution in [0.5, 0.6) is 0 Å². The van der Waals surface area contributed by atoms with Crippen LogP contribution in [0, 0.1) is 11.3 Å². The molecule has 0 bridgehead atoms. The summed E-state index contributed by atoms with van der Waals surface area (Å²) >= 11 is 0. The van der Waals surface area contributed by atoms with Crippen molar-refractivity contribution in [1.82, 2.24) is 5.32 Å². The highest BCUT2D eigenvalue weighted by Crippen LogP contribution is 2.41. The second-order valence-corrected chi connectivity index (χ2v) is 4.81. The summed E-state index contributed by atoms with van der Waals surface area (Å²) < 4.78 is 36.4. The lowest BCUT2D eigenvalue weighted by molar-refractivity contribution is -0.176. The fraction of sp³-hybridized carbons (Fsp3) is 0.800. The smallest absolute Gasteiger partial charge is 0.471 e. The molecule has 1 saturated carbocycles. The van der Waals surface area contributed by atoms with E-state index in [9.17, 15) is 22.8 Å². The van der Waals surface area contributed by atoms with Gasteiger partial charge in [0, 0.05) is 6.04 Å². The third-order valence-corrected chi connectivity index (χ3v) is 2.97. The number of carboxylic acids is 1. The highest BCUT2D eigenvalue weighted by atomic mass is 19.4. The van der Waals surface area contributed by atoms with Gasteiger partial charge in [0.25, 0.3) is 0 Å². The summed E-state index contributed by atoms with van der Waals surface area (Å²) in [6.45, 7) is 2.63. The number of nitrogens with one attached hydrogen (secondary N) is 1. The van der Waals surface area contributed by atoms with Crippen molar-refractivity contribution in [1.29, 1.82) is 0 Å². The molecule has 0 aromatic heterocycles. The van der Waals surface area contributed by atoms with Crippen LogP contribution in [0.25, 0.3) is 0 Å². The van der Waals surface area contributed by atoms with E-state index >= 15 is 0 Å². The van der Waals surface area contributed by atoms with Gasteiger partial charge in [-0.25, -0.2) is 0 Å². The second kappa shape index (κ2) is 4.19. The molecule has 17 heavy (non-hydrogen) atoms. The van der Waals surface area contributed by atoms with Crippen LogP contribution in [0.4, 0.5) is 13.2 Å². The van der Waals surface area contributed by atoms with Crippen molar-refractivity contribution in [3.63, 3.8) is 0 Å². The molecule has 0 radical (unpaired) electrons. The number of carboxylic acid groups (broad SMARTS) is 1. The molecular weight excluding hydrogens is 239 g/mol. The monoisotopic (exact) mass is 253 g/mol. The summed E-state index contributed by atoms with van der Waals surface area (Å²) in [7, 11) is 0. The molecule has 0 aromatic rings. The van der Waals surface area contributed by atoms with Crippen LogP contribution in [-0.2, 0) is 9.59 Å². The van der Waals surface area contributed by atoms with E-state index in [1.807, 2.05) is 0 Å². The van der Waals surface area contributed by atoms with Crippen molar-refractivity contribution in [2.45, 2.75) is 38.9 Å². The molecule has 1 amide bonds. The van der Waals surface area contributed by atoms with Gasteiger partial charge in [0.15, 0.2) is 0 Å². The first-order valence-electron chi connectivity index (χ1n) is 5.18. The highest BCUT2D eigenvalue weighted by Gasteiger charge is 2.49. The number of halogens is 3. The second-order valence-electron chi connectivity index (χ2n) is 4.81. The van der Waals surface area contributed by atoms with E-state index in [4.69, 9.17) is 5.11 Å². The highest BCUT2D eigenvalue weighted by molar-refractivity contribution is 5.83. The summed E-state index contributed by atoms with van der Waals surface area (Å²) in [4.78, 5) is 21.8. The fourth-order valence-electron chi connectivity index (χ4n) is 1.67. The zero-order chi connectivity index (χ0) is 13.4. The Balaban J connectivity index is 2.81. The maximum absolute atomic E-state index is 12.1. The summed E-state index contributed by atoms with van der Waals surface area (Å²) in [5.41, 5.74) is -1.41. The molecule has 1 fully saturated rings. The molecule has 98 valence electrons. The minimum Gasteiger partial charge on any atom is -0.481 e. The Morgan fingerprint density at radius 2 is 1.76 bits per heavy atom. The molecule has 1 atom stereocenters. The van der Waals surface area contributed by atoms with E-state index in [1.54, 1.807) is 5.32 Å². The predicted octanol–water partition coefficient (Wildman–Crippen LogP) is 1.55. The quantitative estimate of drug-likeness (QED) is 0.798. The summed E-state index contributed by atoms with van der Waals surface area (Å²) in [5, 5.41) is 10.8. The van der Waals surface area contributed by atoms with Crippen molar-refractivity contribution in [2.75, 3.05) is 0 Å². The Kier molecular flexibility index (Phi) is 3.40. The van der Waals surface area contributed by atoms with Crippen molar-refractivity contribution >= 4 is 11.9 Å². The average Bonchev–Trinajstić information content (AvgIpc) is 2.94. The molecule has 0 aromatic carbocycles. The lowest BCUT2D eigenvalue weighted by Gasteiger charge is -2.31. The van der Waals surface area contributed by atoms with E-state index in [0.29, 0.717) is 12.8 Å². The molecule has 1 rings (SSSR count). The molecule has 0 aliphatic heterocycles. The molecule has 1 aliphatic rings. The van der Waals surface area contributed by atoms with Gasteiger partial charge in [-0.2, -0.15) is 13.2 Å². The van der Waals surface area contributed by atoms with E-state index in [1.165, 1.54) is 13.8 Å². The number of hydrogen-bond donors (Lipinski definition) is 2. The van der Waals surface area contributed by atoms with Crippen molar-refractivity contribution in [2.24, 2.45) is 11.3 Å². The maximum Gasteiger partial charge on any atom is 0.471 e. The molecule has 0 saturated heterocycles. The number of carbonyl (C=O) groups is 2. The maximum atomic E-state index is 12.1. The molecule has 0 unspecified atom stereocenters. The van der Waals surface area contributed by atoms with Crippen LogP contribution in [0.1, 0.15) is 26.7 Å². The van der Waals surface area contributed by atoms with Gasteiger partial charge in [-0.15, -0.1) is 0 Å². The Morgan fingerprint density at radius 3 is 2.06 bits per heavy atom. The van der Waals surface area contributed by atoms with Crippen molar-refractivity contribution in [3.05, 3.63) is 0 Å². The zero-order valence-electron chi connectivity index (χ0n) is 9.47. The number of aliphatic carboxylic acids is 1. The van der Waals surface area contributed by atoms with E-state index in [0.717, 1.165) is 0 Å². The van der Waals surface area contributed by atoms with Crippen LogP contribution in [0.15, 0.2) is 0 Å². The summed E-state index contributed by atoms with van der Waals surface area (Å²) in [6, 6.07) is -0.992. The standard InChI is InChI=1S/C10H14F3NO3/c1-9(2,8(16)17)6(5-3-4-5)14-7(15)10(11,12)13/h5-6H,3-4H2,1-2H3,(H,14,15)(H,16,17)/t6-/m1/s1. The molecule has 4 nitrogen and oxygen atoms in total. The van der Waals surface area contributed by atoms with E-state index in [2.05, 4.69) is 0 Å².